The molecule has 0 bridgehead atoms. The molecule has 102 valence electrons. The fraction of sp³-hybridized carbons (Fsp3) is 0.429. The summed E-state index contributed by atoms with van der Waals surface area (Å²) in [6.45, 7) is 2.42. The Morgan fingerprint density at radius 3 is 2.79 bits per heavy atom. The number of aliphatic carboxylic acids is 1. The van der Waals surface area contributed by atoms with Crippen LogP contribution in [0.2, 0.25) is 0 Å². The van der Waals surface area contributed by atoms with Gasteiger partial charge in [-0.05, 0) is 53.7 Å². The van der Waals surface area contributed by atoms with E-state index in [-0.39, 0.29) is 5.91 Å². The predicted molar refractivity (Wildman–Crippen MR) is 75.2 cm³/mol. The minimum absolute atomic E-state index is 0.206. The topological polar surface area (TPSA) is 57.6 Å². The van der Waals surface area contributed by atoms with E-state index in [1.54, 1.807) is 6.07 Å². The van der Waals surface area contributed by atoms with E-state index in [4.69, 9.17) is 0 Å². The molecule has 4 nitrogen and oxygen atoms in total. The molecule has 1 N–H and O–H groups in total. The summed E-state index contributed by atoms with van der Waals surface area (Å²) in [4.78, 5) is 25.2. The molecule has 1 aliphatic rings. The quantitative estimate of drug-likeness (QED) is 0.909. The largest absolute Gasteiger partial charge is 0.480 e. The number of aryl methyl sites for hydroxylation is 1. The number of hydrogen-bond acceptors (Lipinski definition) is 2. The molecule has 1 fully saturated rings. The number of carboxylic acids is 1. The van der Waals surface area contributed by atoms with Crippen molar-refractivity contribution in [3.05, 3.63) is 33.8 Å². The van der Waals surface area contributed by atoms with Gasteiger partial charge >= 0.3 is 5.97 Å². The van der Waals surface area contributed by atoms with Crippen molar-refractivity contribution in [3.63, 3.8) is 0 Å². The number of hydrogen-bond donors (Lipinski definition) is 1. The van der Waals surface area contributed by atoms with Crippen LogP contribution in [0.1, 0.15) is 35.2 Å². The van der Waals surface area contributed by atoms with E-state index in [2.05, 4.69) is 15.9 Å². The van der Waals surface area contributed by atoms with E-state index < -0.39 is 12.0 Å². The summed E-state index contributed by atoms with van der Waals surface area (Å²) < 4.78 is 0.745. The maximum atomic E-state index is 12.5. The van der Waals surface area contributed by atoms with Crippen LogP contribution >= 0.6 is 15.9 Å². The van der Waals surface area contributed by atoms with Crippen molar-refractivity contribution in [1.29, 1.82) is 0 Å². The number of halogens is 1. The second-order valence-corrected chi connectivity index (χ2v) is 5.58. The Morgan fingerprint density at radius 2 is 2.11 bits per heavy atom. The summed E-state index contributed by atoms with van der Waals surface area (Å²) >= 11 is 3.41. The van der Waals surface area contributed by atoms with Crippen LogP contribution in [0.4, 0.5) is 0 Å². The Bertz CT molecular complexity index is 515. The number of carbonyl (C=O) groups excluding carboxylic acids is 1. The van der Waals surface area contributed by atoms with Gasteiger partial charge in [0.2, 0.25) is 0 Å². The molecular weight excluding hydrogens is 310 g/mol. The molecule has 0 spiro atoms. The first-order chi connectivity index (χ1) is 9.02. The lowest BCUT2D eigenvalue weighted by molar-refractivity contribution is -0.143. The summed E-state index contributed by atoms with van der Waals surface area (Å²) in [7, 11) is 0. The first-order valence-electron chi connectivity index (χ1n) is 6.31. The van der Waals surface area contributed by atoms with E-state index in [9.17, 15) is 14.7 Å². The lowest BCUT2D eigenvalue weighted by Gasteiger charge is -2.33. The van der Waals surface area contributed by atoms with Crippen molar-refractivity contribution in [3.8, 4) is 0 Å². The molecule has 0 unspecified atom stereocenters. The molecular formula is C14H16BrNO3. The molecule has 5 heteroatoms. The first kappa shape index (κ1) is 14.1. The fourth-order valence-electron chi connectivity index (χ4n) is 2.40. The molecule has 1 heterocycles. The summed E-state index contributed by atoms with van der Waals surface area (Å²) in [5.41, 5.74) is 1.50. The van der Waals surface area contributed by atoms with Crippen molar-refractivity contribution in [2.75, 3.05) is 6.54 Å². The molecule has 1 aromatic carbocycles. The van der Waals surface area contributed by atoms with E-state index in [0.717, 1.165) is 22.9 Å². The highest BCUT2D eigenvalue weighted by Gasteiger charge is 2.33. The van der Waals surface area contributed by atoms with Crippen LogP contribution < -0.4 is 0 Å². The number of carbonyl (C=O) groups is 2. The Hall–Kier alpha value is -1.36. The molecule has 0 saturated carbocycles. The van der Waals surface area contributed by atoms with Gasteiger partial charge in [0.15, 0.2) is 0 Å². The van der Waals surface area contributed by atoms with Crippen molar-refractivity contribution < 1.29 is 14.7 Å². The minimum atomic E-state index is -0.920. The standard InChI is InChI=1S/C14H16BrNO3/c1-9-5-4-6-10(12(9)15)13(17)16-8-3-2-7-11(16)14(18)19/h4-6,11H,2-3,7-8H2,1H3,(H,18,19)/t11-/m1/s1. The van der Waals surface area contributed by atoms with Crippen LogP contribution in [0.25, 0.3) is 0 Å². The molecule has 1 aliphatic heterocycles. The van der Waals surface area contributed by atoms with Gasteiger partial charge in [-0.2, -0.15) is 0 Å². The van der Waals surface area contributed by atoms with Crippen molar-refractivity contribution in [1.82, 2.24) is 4.90 Å². The number of carboxylic acid groups (broad SMARTS) is 1. The van der Waals surface area contributed by atoms with Crippen LogP contribution in [0.15, 0.2) is 22.7 Å². The summed E-state index contributed by atoms with van der Waals surface area (Å²) in [5, 5.41) is 9.22. The first-order valence-corrected chi connectivity index (χ1v) is 7.10. The van der Waals surface area contributed by atoms with Crippen LogP contribution in [0, 0.1) is 6.92 Å². The minimum Gasteiger partial charge on any atom is -0.480 e. The molecule has 0 radical (unpaired) electrons. The molecule has 1 saturated heterocycles. The highest BCUT2D eigenvalue weighted by molar-refractivity contribution is 9.10. The van der Waals surface area contributed by atoms with Gasteiger partial charge in [0.1, 0.15) is 6.04 Å². The second-order valence-electron chi connectivity index (χ2n) is 4.78. The Kier molecular flexibility index (Phi) is 4.24. The van der Waals surface area contributed by atoms with Crippen LogP contribution in [0.3, 0.4) is 0 Å². The Morgan fingerprint density at radius 1 is 1.37 bits per heavy atom. The van der Waals surface area contributed by atoms with Crippen LogP contribution in [-0.4, -0.2) is 34.5 Å². The highest BCUT2D eigenvalue weighted by Crippen LogP contribution is 2.26. The lowest BCUT2D eigenvalue weighted by Crippen LogP contribution is -2.48. The number of benzene rings is 1. The third-order valence-electron chi connectivity index (χ3n) is 3.47. The van der Waals surface area contributed by atoms with Gasteiger partial charge in [0.05, 0.1) is 5.56 Å². The summed E-state index contributed by atoms with van der Waals surface area (Å²) in [6.07, 6.45) is 2.25. The second kappa shape index (κ2) is 5.74. The van der Waals surface area contributed by atoms with Gasteiger partial charge in [0.25, 0.3) is 5.91 Å². The third kappa shape index (κ3) is 2.81. The molecule has 1 atom stereocenters. The number of rotatable bonds is 2. The van der Waals surface area contributed by atoms with E-state index in [1.807, 2.05) is 19.1 Å². The normalized spacial score (nSPS) is 19.3. The highest BCUT2D eigenvalue weighted by atomic mass is 79.9. The maximum absolute atomic E-state index is 12.5. The van der Waals surface area contributed by atoms with Crippen LogP contribution in [-0.2, 0) is 4.79 Å². The number of likely N-dealkylation sites (tertiary alicyclic amines) is 1. The number of nitrogens with zero attached hydrogens (tertiary/aromatic N) is 1. The smallest absolute Gasteiger partial charge is 0.326 e. The van der Waals surface area contributed by atoms with Gasteiger partial charge in [-0.15, -0.1) is 0 Å². The Labute approximate surface area is 120 Å². The number of piperidine rings is 1. The van der Waals surface area contributed by atoms with E-state index in [0.29, 0.717) is 18.5 Å². The summed E-state index contributed by atoms with van der Waals surface area (Å²) in [6, 6.07) is 4.75. The third-order valence-corrected chi connectivity index (χ3v) is 4.52. The molecule has 1 aromatic rings. The molecule has 2 rings (SSSR count). The lowest BCUT2D eigenvalue weighted by atomic mass is 10.0. The zero-order valence-corrected chi connectivity index (χ0v) is 12.3. The zero-order chi connectivity index (χ0) is 14.0. The van der Waals surface area contributed by atoms with Gasteiger partial charge < -0.3 is 10.0 Å². The van der Waals surface area contributed by atoms with Gasteiger partial charge in [-0.25, -0.2) is 4.79 Å². The maximum Gasteiger partial charge on any atom is 0.326 e. The molecule has 1 amide bonds. The zero-order valence-electron chi connectivity index (χ0n) is 10.7. The monoisotopic (exact) mass is 325 g/mol. The van der Waals surface area contributed by atoms with E-state index in [1.165, 1.54) is 4.90 Å². The number of amides is 1. The summed E-state index contributed by atoms with van der Waals surface area (Å²) in [5.74, 6) is -1.13. The van der Waals surface area contributed by atoms with Gasteiger partial charge in [-0.3, -0.25) is 4.79 Å². The molecule has 0 aliphatic carbocycles. The van der Waals surface area contributed by atoms with Gasteiger partial charge in [-0.1, -0.05) is 12.1 Å². The van der Waals surface area contributed by atoms with Gasteiger partial charge in [0, 0.05) is 11.0 Å². The Balaban J connectivity index is 2.31. The average molecular weight is 326 g/mol. The predicted octanol–water partition coefficient (Wildman–Crippen LogP) is 2.84. The van der Waals surface area contributed by atoms with Crippen molar-refractivity contribution in [2.45, 2.75) is 32.2 Å². The van der Waals surface area contributed by atoms with E-state index >= 15 is 0 Å². The molecule has 19 heavy (non-hydrogen) atoms. The SMILES string of the molecule is Cc1cccc(C(=O)N2CCCC[C@@H]2C(=O)O)c1Br. The van der Waals surface area contributed by atoms with Crippen molar-refractivity contribution >= 4 is 27.8 Å². The molecule has 0 aromatic heterocycles. The fourth-order valence-corrected chi connectivity index (χ4v) is 2.83. The van der Waals surface area contributed by atoms with Crippen LogP contribution in [0.5, 0.6) is 0 Å². The average Bonchev–Trinajstić information content (AvgIpc) is 2.41. The van der Waals surface area contributed by atoms with Crippen molar-refractivity contribution in [2.24, 2.45) is 0 Å².